The van der Waals surface area contributed by atoms with Crippen molar-refractivity contribution in [1.82, 2.24) is 0 Å². The van der Waals surface area contributed by atoms with E-state index in [4.69, 9.17) is 21.7 Å². The van der Waals surface area contributed by atoms with Gasteiger partial charge in [-0.1, -0.05) is 30.3 Å². The molecule has 3 aromatic rings. The maximum absolute atomic E-state index is 12.2. The van der Waals surface area contributed by atoms with Gasteiger partial charge in [0, 0.05) is 5.69 Å². The molecule has 0 saturated carbocycles. The van der Waals surface area contributed by atoms with Crippen LogP contribution in [0.5, 0.6) is 0 Å². The smallest absolute Gasteiger partial charge is 0.348 e. The molecule has 28 heavy (non-hydrogen) atoms. The van der Waals surface area contributed by atoms with Crippen LogP contribution in [0.3, 0.4) is 0 Å². The molecule has 0 unspecified atom stereocenters. The zero-order chi connectivity index (χ0) is 20.3. The standard InChI is InChI=1S/C20H18N2O4S2/c1-11-15(18(23)25-2)17(28-16(11)19(24)26-3)22-20(27)21-14-9-8-12-6-4-5-7-13(12)10-14/h4-10H,1-3H3,(H2,21,22,27). The molecule has 8 heteroatoms. The van der Waals surface area contributed by atoms with E-state index in [9.17, 15) is 9.59 Å². The average Bonchev–Trinajstić information content (AvgIpc) is 3.02. The molecular weight excluding hydrogens is 396 g/mol. The first-order valence-corrected chi connectivity index (χ1v) is 9.54. The molecule has 0 saturated heterocycles. The Bertz CT molecular complexity index is 1080. The Labute approximate surface area is 171 Å². The number of thiophene rings is 1. The van der Waals surface area contributed by atoms with Gasteiger partial charge < -0.3 is 20.1 Å². The molecule has 0 atom stereocenters. The predicted octanol–water partition coefficient (Wildman–Crippen LogP) is 4.59. The SMILES string of the molecule is COC(=O)c1sc(NC(=S)Nc2ccc3ccccc3c2)c(C(=O)OC)c1C. The fraction of sp³-hybridized carbons (Fsp3) is 0.150. The van der Waals surface area contributed by atoms with Crippen molar-refractivity contribution in [3.63, 3.8) is 0 Å². The fourth-order valence-electron chi connectivity index (χ4n) is 2.77. The number of thiocarbonyl (C=S) groups is 1. The third kappa shape index (κ3) is 3.97. The van der Waals surface area contributed by atoms with Crippen molar-refractivity contribution in [1.29, 1.82) is 0 Å². The molecule has 1 heterocycles. The Morgan fingerprint density at radius 3 is 2.32 bits per heavy atom. The lowest BCUT2D eigenvalue weighted by atomic mass is 10.1. The van der Waals surface area contributed by atoms with Crippen LogP contribution in [0.15, 0.2) is 42.5 Å². The van der Waals surface area contributed by atoms with E-state index in [-0.39, 0.29) is 10.7 Å². The third-order valence-corrected chi connectivity index (χ3v) is 5.53. The normalized spacial score (nSPS) is 10.4. The highest BCUT2D eigenvalue weighted by Crippen LogP contribution is 2.34. The minimum atomic E-state index is -0.556. The van der Waals surface area contributed by atoms with Gasteiger partial charge in [-0.25, -0.2) is 9.59 Å². The predicted molar refractivity (Wildman–Crippen MR) is 116 cm³/mol. The topological polar surface area (TPSA) is 76.7 Å². The molecular formula is C20H18N2O4S2. The third-order valence-electron chi connectivity index (χ3n) is 4.14. The van der Waals surface area contributed by atoms with Crippen LogP contribution in [-0.4, -0.2) is 31.3 Å². The van der Waals surface area contributed by atoms with Gasteiger partial charge in [-0.3, -0.25) is 0 Å². The van der Waals surface area contributed by atoms with Gasteiger partial charge in [0.05, 0.1) is 19.8 Å². The monoisotopic (exact) mass is 414 g/mol. The number of fused-ring (bicyclic) bond motifs is 1. The van der Waals surface area contributed by atoms with Gasteiger partial charge in [0.1, 0.15) is 9.88 Å². The largest absolute Gasteiger partial charge is 0.465 e. The van der Waals surface area contributed by atoms with E-state index in [1.54, 1.807) is 6.92 Å². The number of rotatable bonds is 4. The molecule has 144 valence electrons. The summed E-state index contributed by atoms with van der Waals surface area (Å²) in [5.74, 6) is -1.07. The number of anilines is 2. The molecule has 0 spiro atoms. The Kier molecular flexibility index (Phi) is 5.91. The Morgan fingerprint density at radius 1 is 0.964 bits per heavy atom. The van der Waals surface area contributed by atoms with Crippen molar-refractivity contribution < 1.29 is 19.1 Å². The highest BCUT2D eigenvalue weighted by atomic mass is 32.1. The molecule has 0 aliphatic carbocycles. The van der Waals surface area contributed by atoms with E-state index >= 15 is 0 Å². The van der Waals surface area contributed by atoms with Crippen molar-refractivity contribution in [2.75, 3.05) is 24.9 Å². The number of benzene rings is 2. The summed E-state index contributed by atoms with van der Waals surface area (Å²) in [5, 5.41) is 9.00. The molecule has 1 aromatic heterocycles. The zero-order valence-corrected chi connectivity index (χ0v) is 17.1. The number of ether oxygens (including phenoxy) is 2. The first-order valence-electron chi connectivity index (χ1n) is 8.31. The summed E-state index contributed by atoms with van der Waals surface area (Å²) in [6.07, 6.45) is 0. The van der Waals surface area contributed by atoms with Crippen LogP contribution in [0.2, 0.25) is 0 Å². The van der Waals surface area contributed by atoms with Crippen LogP contribution in [0, 0.1) is 6.92 Å². The molecule has 0 radical (unpaired) electrons. The second kappa shape index (κ2) is 8.37. The summed E-state index contributed by atoms with van der Waals surface area (Å²) in [6.45, 7) is 1.67. The van der Waals surface area contributed by atoms with Gasteiger partial charge >= 0.3 is 11.9 Å². The average molecular weight is 415 g/mol. The summed E-state index contributed by atoms with van der Waals surface area (Å²) in [5.41, 5.74) is 1.55. The highest BCUT2D eigenvalue weighted by Gasteiger charge is 2.26. The molecule has 0 bridgehead atoms. The maximum Gasteiger partial charge on any atom is 0.348 e. The van der Waals surface area contributed by atoms with Crippen molar-refractivity contribution >= 4 is 62.1 Å². The fourth-order valence-corrected chi connectivity index (χ4v) is 4.17. The van der Waals surface area contributed by atoms with Crippen LogP contribution in [0.25, 0.3) is 10.8 Å². The maximum atomic E-state index is 12.2. The van der Waals surface area contributed by atoms with Crippen LogP contribution >= 0.6 is 23.6 Å². The molecule has 0 aliphatic rings. The molecule has 2 N–H and O–H groups in total. The van der Waals surface area contributed by atoms with Gasteiger partial charge in [-0.05, 0) is 47.6 Å². The molecule has 6 nitrogen and oxygen atoms in total. The van der Waals surface area contributed by atoms with Crippen molar-refractivity contribution in [2.24, 2.45) is 0 Å². The molecule has 3 rings (SSSR count). The van der Waals surface area contributed by atoms with Crippen LogP contribution in [-0.2, 0) is 9.47 Å². The van der Waals surface area contributed by atoms with Gasteiger partial charge in [0.2, 0.25) is 0 Å². The van der Waals surface area contributed by atoms with Crippen molar-refractivity contribution in [2.45, 2.75) is 6.92 Å². The van der Waals surface area contributed by atoms with Gasteiger partial charge in [0.25, 0.3) is 0 Å². The van der Waals surface area contributed by atoms with Crippen LogP contribution < -0.4 is 10.6 Å². The zero-order valence-electron chi connectivity index (χ0n) is 15.5. The summed E-state index contributed by atoms with van der Waals surface area (Å²) < 4.78 is 9.63. The molecule has 0 aliphatic heterocycles. The number of esters is 2. The van der Waals surface area contributed by atoms with E-state index in [2.05, 4.69) is 10.6 Å². The van der Waals surface area contributed by atoms with Crippen LogP contribution in [0.1, 0.15) is 25.6 Å². The number of hydrogen-bond donors (Lipinski definition) is 2. The Morgan fingerprint density at radius 2 is 1.64 bits per heavy atom. The quantitative estimate of drug-likeness (QED) is 0.477. The second-order valence-electron chi connectivity index (χ2n) is 5.88. The van der Waals surface area contributed by atoms with E-state index in [1.165, 1.54) is 14.2 Å². The minimum absolute atomic E-state index is 0.260. The van der Waals surface area contributed by atoms with E-state index in [0.717, 1.165) is 27.8 Å². The lowest BCUT2D eigenvalue weighted by Crippen LogP contribution is -2.20. The summed E-state index contributed by atoms with van der Waals surface area (Å²) >= 11 is 6.48. The lowest BCUT2D eigenvalue weighted by molar-refractivity contribution is 0.0601. The van der Waals surface area contributed by atoms with E-state index in [0.29, 0.717) is 15.4 Å². The van der Waals surface area contributed by atoms with Gasteiger partial charge in [0.15, 0.2) is 5.11 Å². The van der Waals surface area contributed by atoms with Crippen molar-refractivity contribution in [3.8, 4) is 0 Å². The molecule has 0 fully saturated rings. The number of carbonyl (C=O) groups excluding carboxylic acids is 2. The van der Waals surface area contributed by atoms with Crippen molar-refractivity contribution in [3.05, 3.63) is 58.5 Å². The molecule has 2 aromatic carbocycles. The number of carbonyl (C=O) groups is 2. The number of methoxy groups -OCH3 is 2. The van der Waals surface area contributed by atoms with Crippen LogP contribution in [0.4, 0.5) is 10.7 Å². The van der Waals surface area contributed by atoms with E-state index < -0.39 is 11.9 Å². The van der Waals surface area contributed by atoms with Gasteiger partial charge in [-0.2, -0.15) is 0 Å². The van der Waals surface area contributed by atoms with Gasteiger partial charge in [-0.15, -0.1) is 11.3 Å². The number of nitrogens with one attached hydrogen (secondary N) is 2. The Balaban J connectivity index is 1.86. The molecule has 0 amide bonds. The highest BCUT2D eigenvalue weighted by molar-refractivity contribution is 7.80. The van der Waals surface area contributed by atoms with E-state index in [1.807, 2.05) is 42.5 Å². The summed E-state index contributed by atoms with van der Waals surface area (Å²) in [6, 6.07) is 13.9. The second-order valence-corrected chi connectivity index (χ2v) is 7.31. The summed E-state index contributed by atoms with van der Waals surface area (Å²) in [7, 11) is 2.57. The lowest BCUT2D eigenvalue weighted by Gasteiger charge is -2.11. The minimum Gasteiger partial charge on any atom is -0.465 e. The Hall–Kier alpha value is -2.97. The summed E-state index contributed by atoms with van der Waals surface area (Å²) in [4.78, 5) is 24.5. The first-order chi connectivity index (χ1) is 13.4. The first kappa shape index (κ1) is 19.8. The number of hydrogen-bond acceptors (Lipinski definition) is 6.